The lowest BCUT2D eigenvalue weighted by molar-refractivity contribution is 0.597. The summed E-state index contributed by atoms with van der Waals surface area (Å²) in [7, 11) is 0. The van der Waals surface area contributed by atoms with E-state index in [0.717, 1.165) is 13.1 Å². The maximum absolute atomic E-state index is 4.64. The van der Waals surface area contributed by atoms with E-state index in [1.807, 2.05) is 11.8 Å². The molecule has 76 valence electrons. The van der Waals surface area contributed by atoms with Crippen molar-refractivity contribution in [3.05, 3.63) is 0 Å². The summed E-state index contributed by atoms with van der Waals surface area (Å²) in [6.45, 7) is 8.71. The van der Waals surface area contributed by atoms with Gasteiger partial charge in [0.05, 0.1) is 6.04 Å². The minimum Gasteiger partial charge on any atom is -0.313 e. The van der Waals surface area contributed by atoms with Crippen LogP contribution in [0.5, 0.6) is 0 Å². The van der Waals surface area contributed by atoms with Crippen LogP contribution in [0.25, 0.3) is 0 Å². The van der Waals surface area contributed by atoms with Crippen molar-refractivity contribution in [1.82, 2.24) is 5.32 Å². The standard InChI is InChI=1S/C10H20N2S/c1-10(2,3)7-12-8-5-11-6-9(8)13-4/h7-9,11H,5-6H2,1-4H3. The summed E-state index contributed by atoms with van der Waals surface area (Å²) in [5.41, 5.74) is 0.214. The van der Waals surface area contributed by atoms with Gasteiger partial charge in [0.1, 0.15) is 0 Å². The Morgan fingerprint density at radius 2 is 2.08 bits per heavy atom. The third-order valence-electron chi connectivity index (χ3n) is 2.08. The van der Waals surface area contributed by atoms with Crippen molar-refractivity contribution < 1.29 is 0 Å². The van der Waals surface area contributed by atoms with Crippen LogP contribution in [-0.2, 0) is 0 Å². The van der Waals surface area contributed by atoms with Crippen molar-refractivity contribution >= 4 is 18.0 Å². The number of hydrogen-bond acceptors (Lipinski definition) is 3. The van der Waals surface area contributed by atoms with Gasteiger partial charge in [0.15, 0.2) is 0 Å². The summed E-state index contributed by atoms with van der Waals surface area (Å²) in [4.78, 5) is 4.64. The van der Waals surface area contributed by atoms with Crippen LogP contribution >= 0.6 is 11.8 Å². The Morgan fingerprint density at radius 3 is 2.62 bits per heavy atom. The molecule has 0 bridgehead atoms. The molecule has 1 N–H and O–H groups in total. The molecule has 2 nitrogen and oxygen atoms in total. The average Bonchev–Trinajstić information content (AvgIpc) is 2.46. The number of nitrogens with one attached hydrogen (secondary N) is 1. The van der Waals surface area contributed by atoms with Gasteiger partial charge in [0.2, 0.25) is 0 Å². The summed E-state index contributed by atoms with van der Waals surface area (Å²) in [5, 5.41) is 4.04. The lowest BCUT2D eigenvalue weighted by Crippen LogP contribution is -2.20. The lowest BCUT2D eigenvalue weighted by atomic mass is 9.99. The highest BCUT2D eigenvalue weighted by Gasteiger charge is 2.25. The molecular formula is C10H20N2S. The second-order valence-electron chi connectivity index (χ2n) is 4.64. The van der Waals surface area contributed by atoms with Gasteiger partial charge in [-0.15, -0.1) is 0 Å². The topological polar surface area (TPSA) is 24.4 Å². The third-order valence-corrected chi connectivity index (χ3v) is 3.17. The molecule has 0 aromatic rings. The van der Waals surface area contributed by atoms with Crippen molar-refractivity contribution in [3.63, 3.8) is 0 Å². The molecule has 2 atom stereocenters. The predicted molar refractivity (Wildman–Crippen MR) is 61.9 cm³/mol. The fourth-order valence-corrected chi connectivity index (χ4v) is 2.11. The molecule has 0 spiro atoms. The van der Waals surface area contributed by atoms with Gasteiger partial charge in [-0.05, 0) is 11.7 Å². The van der Waals surface area contributed by atoms with Gasteiger partial charge in [0.25, 0.3) is 0 Å². The first kappa shape index (κ1) is 11.1. The molecule has 1 rings (SSSR count). The first-order chi connectivity index (χ1) is 6.03. The molecule has 3 heteroatoms. The van der Waals surface area contributed by atoms with Gasteiger partial charge in [0, 0.05) is 24.6 Å². The lowest BCUT2D eigenvalue weighted by Gasteiger charge is -2.15. The Morgan fingerprint density at radius 1 is 1.38 bits per heavy atom. The van der Waals surface area contributed by atoms with E-state index in [1.54, 1.807) is 0 Å². The smallest absolute Gasteiger partial charge is 0.0750 e. The second-order valence-corrected chi connectivity index (χ2v) is 5.72. The van der Waals surface area contributed by atoms with Gasteiger partial charge in [-0.25, -0.2) is 0 Å². The SMILES string of the molecule is CSC1CNCC1N=CC(C)(C)C. The first-order valence-electron chi connectivity index (χ1n) is 4.81. The highest BCUT2D eigenvalue weighted by atomic mass is 32.2. The Bertz CT molecular complexity index is 184. The molecule has 1 fully saturated rings. The number of aliphatic imine (C=N–C) groups is 1. The van der Waals surface area contributed by atoms with Crippen molar-refractivity contribution in [2.45, 2.75) is 32.1 Å². The summed E-state index contributed by atoms with van der Waals surface area (Å²) < 4.78 is 0. The van der Waals surface area contributed by atoms with Crippen LogP contribution in [0.4, 0.5) is 0 Å². The molecule has 1 aliphatic heterocycles. The van der Waals surface area contributed by atoms with Crippen molar-refractivity contribution in [2.24, 2.45) is 10.4 Å². The minimum absolute atomic E-state index is 0.214. The Balaban J connectivity index is 2.48. The summed E-state index contributed by atoms with van der Waals surface area (Å²) in [6.07, 6.45) is 4.26. The Labute approximate surface area is 85.6 Å². The van der Waals surface area contributed by atoms with Crippen molar-refractivity contribution in [1.29, 1.82) is 0 Å². The van der Waals surface area contributed by atoms with Crippen molar-refractivity contribution in [3.8, 4) is 0 Å². The minimum atomic E-state index is 0.214. The van der Waals surface area contributed by atoms with Crippen LogP contribution in [0.15, 0.2) is 4.99 Å². The number of rotatable bonds is 2. The Kier molecular flexibility index (Phi) is 3.80. The maximum atomic E-state index is 4.64. The van der Waals surface area contributed by atoms with Crippen LogP contribution < -0.4 is 5.32 Å². The molecule has 0 aromatic heterocycles. The molecular weight excluding hydrogens is 180 g/mol. The molecule has 0 aromatic carbocycles. The van der Waals surface area contributed by atoms with Crippen LogP contribution in [0.2, 0.25) is 0 Å². The van der Waals surface area contributed by atoms with Crippen LogP contribution in [0, 0.1) is 5.41 Å². The van der Waals surface area contributed by atoms with Gasteiger partial charge in [-0.2, -0.15) is 11.8 Å². The van der Waals surface area contributed by atoms with Crippen molar-refractivity contribution in [2.75, 3.05) is 19.3 Å². The highest BCUT2D eigenvalue weighted by Crippen LogP contribution is 2.18. The van der Waals surface area contributed by atoms with E-state index in [9.17, 15) is 0 Å². The predicted octanol–water partition coefficient (Wildman–Crippen LogP) is 1.81. The van der Waals surface area contributed by atoms with Gasteiger partial charge < -0.3 is 5.32 Å². The molecule has 2 unspecified atom stereocenters. The zero-order valence-corrected chi connectivity index (χ0v) is 9.82. The first-order valence-corrected chi connectivity index (χ1v) is 6.09. The third kappa shape index (κ3) is 3.69. The molecule has 13 heavy (non-hydrogen) atoms. The fourth-order valence-electron chi connectivity index (χ4n) is 1.35. The maximum Gasteiger partial charge on any atom is 0.0750 e. The van der Waals surface area contributed by atoms with E-state index in [2.05, 4.69) is 43.6 Å². The molecule has 0 saturated carbocycles. The molecule has 1 heterocycles. The largest absolute Gasteiger partial charge is 0.313 e. The molecule has 0 aliphatic carbocycles. The number of hydrogen-bond donors (Lipinski definition) is 1. The molecule has 1 saturated heterocycles. The van der Waals surface area contributed by atoms with E-state index < -0.39 is 0 Å². The highest BCUT2D eigenvalue weighted by molar-refractivity contribution is 7.99. The van der Waals surface area contributed by atoms with Gasteiger partial charge >= 0.3 is 0 Å². The van der Waals surface area contributed by atoms with Crippen LogP contribution in [-0.4, -0.2) is 36.9 Å². The summed E-state index contributed by atoms with van der Waals surface area (Å²) in [5.74, 6) is 0. The Hall–Kier alpha value is -0.0200. The number of thioether (sulfide) groups is 1. The van der Waals surface area contributed by atoms with E-state index in [4.69, 9.17) is 0 Å². The van der Waals surface area contributed by atoms with E-state index in [-0.39, 0.29) is 5.41 Å². The summed E-state index contributed by atoms with van der Waals surface area (Å²) >= 11 is 1.91. The fraction of sp³-hybridized carbons (Fsp3) is 0.900. The zero-order chi connectivity index (χ0) is 9.90. The average molecular weight is 200 g/mol. The normalized spacial score (nSPS) is 30.2. The van der Waals surface area contributed by atoms with E-state index in [0.29, 0.717) is 11.3 Å². The summed E-state index contributed by atoms with van der Waals surface area (Å²) in [6, 6.07) is 0.481. The van der Waals surface area contributed by atoms with Gasteiger partial charge in [-0.3, -0.25) is 4.99 Å². The van der Waals surface area contributed by atoms with Crippen LogP contribution in [0.3, 0.4) is 0 Å². The monoisotopic (exact) mass is 200 g/mol. The second kappa shape index (κ2) is 4.47. The quantitative estimate of drug-likeness (QED) is 0.688. The molecule has 1 aliphatic rings. The van der Waals surface area contributed by atoms with Gasteiger partial charge in [-0.1, -0.05) is 20.8 Å². The molecule has 0 radical (unpaired) electrons. The van der Waals surface area contributed by atoms with Crippen LogP contribution in [0.1, 0.15) is 20.8 Å². The van der Waals surface area contributed by atoms with E-state index >= 15 is 0 Å². The van der Waals surface area contributed by atoms with E-state index in [1.165, 1.54) is 0 Å². The molecule has 0 amide bonds. The zero-order valence-electron chi connectivity index (χ0n) is 9.00. The number of nitrogens with zero attached hydrogens (tertiary/aromatic N) is 1.